The summed E-state index contributed by atoms with van der Waals surface area (Å²) in [6, 6.07) is 15.7. The first-order valence-corrected chi connectivity index (χ1v) is 11.6. The average Bonchev–Trinajstić information content (AvgIpc) is 3.13. The third-order valence-corrected chi connectivity index (χ3v) is 6.48. The summed E-state index contributed by atoms with van der Waals surface area (Å²) in [6.45, 7) is 5.47. The molecular formula is C24H28N4O2S. The van der Waals surface area contributed by atoms with E-state index in [0.29, 0.717) is 13.1 Å². The van der Waals surface area contributed by atoms with Crippen molar-refractivity contribution in [2.24, 2.45) is 9.98 Å². The first-order valence-electron chi connectivity index (χ1n) is 10.6. The van der Waals surface area contributed by atoms with Crippen LogP contribution in [0, 0.1) is 6.92 Å². The largest absolute Gasteiger partial charge is 0.497 e. The Morgan fingerprint density at radius 1 is 1.10 bits per heavy atom. The maximum atomic E-state index is 12.7. The quantitative estimate of drug-likeness (QED) is 0.735. The van der Waals surface area contributed by atoms with Gasteiger partial charge in [0.25, 0.3) is 0 Å². The summed E-state index contributed by atoms with van der Waals surface area (Å²) < 4.78 is 5.17. The van der Waals surface area contributed by atoms with Gasteiger partial charge in [-0.05, 0) is 36.9 Å². The minimum Gasteiger partial charge on any atom is -0.497 e. The van der Waals surface area contributed by atoms with Gasteiger partial charge >= 0.3 is 6.03 Å². The Balaban J connectivity index is 1.44. The number of piperidine rings is 1. The van der Waals surface area contributed by atoms with Crippen molar-refractivity contribution in [1.82, 2.24) is 4.90 Å². The Kier molecular flexibility index (Phi) is 6.32. The summed E-state index contributed by atoms with van der Waals surface area (Å²) in [5, 5.41) is 3.98. The van der Waals surface area contributed by atoms with Crippen molar-refractivity contribution in [2.45, 2.75) is 32.4 Å². The standard InChI is InChI=1S/C24H28N4O2S/c1-4-31-22-21(18-7-5-17(2)6-8-18)26-24(27-22)13-15-28(16-14-24)23(29)25-19-9-11-20(30-3)12-10-19/h5-12H,4,13-16H2,1-3H3,(H,25,29). The lowest BCUT2D eigenvalue weighted by Gasteiger charge is -2.35. The number of thioether (sulfide) groups is 1. The van der Waals surface area contributed by atoms with Crippen molar-refractivity contribution >= 4 is 34.2 Å². The predicted molar refractivity (Wildman–Crippen MR) is 129 cm³/mol. The van der Waals surface area contributed by atoms with Crippen LogP contribution in [0.25, 0.3) is 0 Å². The molecule has 1 saturated heterocycles. The van der Waals surface area contributed by atoms with Crippen LogP contribution < -0.4 is 10.1 Å². The SMILES string of the molecule is CCSC1=NC2(CCN(C(=O)Nc3ccc(OC)cc3)CC2)N=C1c1ccc(C)cc1. The van der Waals surface area contributed by atoms with Crippen molar-refractivity contribution in [1.29, 1.82) is 0 Å². The molecule has 2 aromatic rings. The number of carbonyl (C=O) groups excluding carboxylic acids is 1. The zero-order chi connectivity index (χ0) is 21.8. The van der Waals surface area contributed by atoms with Crippen LogP contribution >= 0.6 is 11.8 Å². The average molecular weight is 437 g/mol. The second-order valence-corrected chi connectivity index (χ2v) is 9.06. The molecule has 0 bridgehead atoms. The molecule has 162 valence electrons. The molecule has 0 aromatic heterocycles. The number of amides is 2. The second kappa shape index (κ2) is 9.14. The summed E-state index contributed by atoms with van der Waals surface area (Å²) in [5.41, 5.74) is 3.64. The van der Waals surface area contributed by atoms with Crippen molar-refractivity contribution in [2.75, 3.05) is 31.3 Å². The van der Waals surface area contributed by atoms with E-state index in [9.17, 15) is 4.79 Å². The van der Waals surface area contributed by atoms with E-state index in [1.807, 2.05) is 29.2 Å². The number of methoxy groups -OCH3 is 1. The summed E-state index contributed by atoms with van der Waals surface area (Å²) in [5.74, 6) is 1.72. The van der Waals surface area contributed by atoms with Crippen LogP contribution in [-0.4, -0.2) is 53.3 Å². The Labute approximate surface area is 187 Å². The molecule has 4 rings (SSSR count). The molecule has 0 unspecified atom stereocenters. The Morgan fingerprint density at radius 3 is 2.39 bits per heavy atom. The summed E-state index contributed by atoms with van der Waals surface area (Å²) in [4.78, 5) is 24.7. The van der Waals surface area contributed by atoms with Gasteiger partial charge in [-0.2, -0.15) is 0 Å². The highest BCUT2D eigenvalue weighted by Gasteiger charge is 2.40. The highest BCUT2D eigenvalue weighted by Crippen LogP contribution is 2.35. The van der Waals surface area contributed by atoms with E-state index >= 15 is 0 Å². The van der Waals surface area contributed by atoms with Crippen LogP contribution in [0.1, 0.15) is 30.9 Å². The molecule has 2 aliphatic heterocycles. The number of nitrogens with one attached hydrogen (secondary N) is 1. The number of carbonyl (C=O) groups is 1. The van der Waals surface area contributed by atoms with Gasteiger partial charge in [-0.3, -0.25) is 4.99 Å². The van der Waals surface area contributed by atoms with Crippen molar-refractivity contribution in [3.63, 3.8) is 0 Å². The molecule has 0 saturated carbocycles. The molecule has 2 aliphatic rings. The number of aryl methyl sites for hydroxylation is 1. The number of nitrogens with zero attached hydrogens (tertiary/aromatic N) is 3. The van der Waals surface area contributed by atoms with E-state index in [1.54, 1.807) is 18.9 Å². The van der Waals surface area contributed by atoms with Crippen molar-refractivity contribution in [3.8, 4) is 5.75 Å². The lowest BCUT2D eigenvalue weighted by molar-refractivity contribution is 0.175. The molecule has 7 heteroatoms. The van der Waals surface area contributed by atoms with Gasteiger partial charge in [-0.15, -0.1) is 11.8 Å². The molecule has 31 heavy (non-hydrogen) atoms. The smallest absolute Gasteiger partial charge is 0.321 e. The molecule has 1 N–H and O–H groups in total. The first kappa shape index (κ1) is 21.4. The fraction of sp³-hybridized carbons (Fsp3) is 0.375. The Hall–Kier alpha value is -2.80. The Bertz CT molecular complexity index is 991. The Morgan fingerprint density at radius 2 is 1.77 bits per heavy atom. The van der Waals surface area contributed by atoms with E-state index in [1.165, 1.54) is 5.56 Å². The first-order chi connectivity index (χ1) is 15.0. The van der Waals surface area contributed by atoms with Gasteiger partial charge in [0.1, 0.15) is 10.8 Å². The van der Waals surface area contributed by atoms with E-state index < -0.39 is 5.66 Å². The molecule has 1 fully saturated rings. The molecular weight excluding hydrogens is 408 g/mol. The van der Waals surface area contributed by atoms with Crippen LogP contribution in [0.4, 0.5) is 10.5 Å². The lowest BCUT2D eigenvalue weighted by atomic mass is 9.98. The number of hydrogen-bond donors (Lipinski definition) is 1. The minimum atomic E-state index is -0.450. The van der Waals surface area contributed by atoms with Gasteiger partial charge < -0.3 is 15.0 Å². The number of aliphatic imine (C=N–C) groups is 2. The molecule has 6 nitrogen and oxygen atoms in total. The van der Waals surface area contributed by atoms with Gasteiger partial charge in [0.15, 0.2) is 5.66 Å². The van der Waals surface area contributed by atoms with E-state index in [-0.39, 0.29) is 6.03 Å². The van der Waals surface area contributed by atoms with Crippen LogP contribution in [0.3, 0.4) is 0 Å². The topological polar surface area (TPSA) is 66.3 Å². The molecule has 0 aliphatic carbocycles. The highest BCUT2D eigenvalue weighted by atomic mass is 32.2. The van der Waals surface area contributed by atoms with Gasteiger partial charge in [0, 0.05) is 37.2 Å². The fourth-order valence-corrected chi connectivity index (χ4v) is 4.64. The van der Waals surface area contributed by atoms with Crippen molar-refractivity contribution < 1.29 is 9.53 Å². The van der Waals surface area contributed by atoms with Crippen LogP contribution in [0.2, 0.25) is 0 Å². The minimum absolute atomic E-state index is 0.0899. The van der Waals surface area contributed by atoms with Gasteiger partial charge in [0.05, 0.1) is 12.8 Å². The van der Waals surface area contributed by atoms with Crippen molar-refractivity contribution in [3.05, 3.63) is 59.7 Å². The fourth-order valence-electron chi connectivity index (χ4n) is 3.83. The maximum absolute atomic E-state index is 12.7. The van der Waals surface area contributed by atoms with Crippen LogP contribution in [0.5, 0.6) is 5.75 Å². The molecule has 2 heterocycles. The molecule has 1 spiro atoms. The number of benzene rings is 2. The zero-order valence-electron chi connectivity index (χ0n) is 18.2. The number of likely N-dealkylation sites (tertiary alicyclic amines) is 1. The number of urea groups is 1. The summed E-state index contributed by atoms with van der Waals surface area (Å²) in [6.07, 6.45) is 1.46. The van der Waals surface area contributed by atoms with Crippen LogP contribution in [0.15, 0.2) is 58.5 Å². The third-order valence-electron chi connectivity index (χ3n) is 5.63. The lowest BCUT2D eigenvalue weighted by Crippen LogP contribution is -2.46. The van der Waals surface area contributed by atoms with E-state index in [2.05, 4.69) is 43.4 Å². The monoisotopic (exact) mass is 436 g/mol. The van der Waals surface area contributed by atoms with Gasteiger partial charge in [0.2, 0.25) is 0 Å². The summed E-state index contributed by atoms with van der Waals surface area (Å²) >= 11 is 1.74. The predicted octanol–water partition coefficient (Wildman–Crippen LogP) is 4.98. The van der Waals surface area contributed by atoms with Gasteiger partial charge in [-0.1, -0.05) is 36.8 Å². The highest BCUT2D eigenvalue weighted by molar-refractivity contribution is 8.15. The van der Waals surface area contributed by atoms with Crippen LogP contribution in [-0.2, 0) is 0 Å². The number of hydrogen-bond acceptors (Lipinski definition) is 5. The third kappa shape index (κ3) is 4.77. The second-order valence-electron chi connectivity index (χ2n) is 7.80. The maximum Gasteiger partial charge on any atom is 0.321 e. The van der Waals surface area contributed by atoms with E-state index in [0.717, 1.165) is 46.4 Å². The molecule has 2 amide bonds. The normalized spacial score (nSPS) is 17.3. The van der Waals surface area contributed by atoms with E-state index in [4.69, 9.17) is 14.7 Å². The number of anilines is 1. The number of rotatable bonds is 4. The molecule has 0 atom stereocenters. The molecule has 0 radical (unpaired) electrons. The summed E-state index contributed by atoms with van der Waals surface area (Å²) in [7, 11) is 1.62. The zero-order valence-corrected chi connectivity index (χ0v) is 19.0. The van der Waals surface area contributed by atoms with Gasteiger partial charge in [-0.25, -0.2) is 9.79 Å². The molecule has 2 aromatic carbocycles. The number of ether oxygens (including phenoxy) is 1.